The number of hydrogen-bond acceptors (Lipinski definition) is 9. The van der Waals surface area contributed by atoms with E-state index in [0.717, 1.165) is 68.6 Å². The molecule has 0 spiro atoms. The summed E-state index contributed by atoms with van der Waals surface area (Å²) in [5.74, 6) is -1.29. The Morgan fingerprint density at radius 3 is 1.59 bits per heavy atom. The number of likely N-dealkylation sites (N-methyl/N-ethyl adjacent to an activating group) is 2. The van der Waals surface area contributed by atoms with Gasteiger partial charge < -0.3 is 9.84 Å². The van der Waals surface area contributed by atoms with Crippen LogP contribution in [0.1, 0.15) is 161 Å². The predicted molar refractivity (Wildman–Crippen MR) is 321 cm³/mol. The smallest absolute Gasteiger partial charge is 0.337 e. The van der Waals surface area contributed by atoms with Crippen LogP contribution in [0, 0.1) is 0 Å². The lowest BCUT2D eigenvalue weighted by atomic mass is 10.0. The minimum Gasteiger partial charge on any atom is -0.478 e. The number of nitrogens with zero attached hydrogens (tertiary/aromatic N) is 6. The molecule has 3 aromatic rings. The van der Waals surface area contributed by atoms with Crippen LogP contribution in [0.4, 0.5) is 0 Å². The van der Waals surface area contributed by atoms with Crippen LogP contribution >= 0.6 is 0 Å². The van der Waals surface area contributed by atoms with E-state index >= 15 is 0 Å². The van der Waals surface area contributed by atoms with E-state index in [1.807, 2.05) is 33.0 Å². The number of rotatable bonds is 20. The minimum atomic E-state index is -0.920. The number of aliphatic carboxylic acids is 1. The number of carbonyl (C=O) groups excluding carboxylic acids is 1. The van der Waals surface area contributed by atoms with Gasteiger partial charge in [-0.1, -0.05) is 163 Å². The number of esters is 1. The van der Waals surface area contributed by atoms with E-state index in [2.05, 4.69) is 165 Å². The van der Waals surface area contributed by atoms with Crippen LogP contribution in [0.25, 0.3) is 0 Å². The highest BCUT2D eigenvalue weighted by Gasteiger charge is 2.24. The molecular weight excluding hydrogens is 929 g/mol. The van der Waals surface area contributed by atoms with Gasteiger partial charge in [0.05, 0.1) is 29.7 Å². The number of carboxylic acid groups (broad SMARTS) is 1. The molecule has 0 bridgehead atoms. The molecule has 2 aliphatic heterocycles. The van der Waals surface area contributed by atoms with Crippen molar-refractivity contribution in [1.29, 1.82) is 0 Å². The van der Waals surface area contributed by atoms with E-state index in [-0.39, 0.29) is 11.5 Å². The number of ether oxygens (including phenoxy) is 1. The number of carboxylic acids is 1. The Balaban J connectivity index is 0.000000559. The molecule has 0 amide bonds. The molecule has 10 nitrogen and oxygen atoms in total. The van der Waals surface area contributed by atoms with Gasteiger partial charge in [-0.15, -0.1) is 0 Å². The quantitative estimate of drug-likeness (QED) is 0.0390. The van der Waals surface area contributed by atoms with E-state index in [1.54, 1.807) is 43.5 Å². The number of hydrogen-bond donors (Lipinski definition) is 1. The average molecular weight is 1030 g/mol. The predicted octanol–water partition coefficient (Wildman–Crippen LogP) is 14.8. The Hall–Kier alpha value is -5.52. The standard InChI is InChI=1S/C26H34N4O2.C18H28N2.C13H18O2.2C4H10/c1-20(17-28-21(2)25-16-23(10-13-27-25)26(31)32-4)18-29(3)24-11-14-30(15-12-24)19-22-8-6-5-7-9-22;1-4-16(2)14-19(3)18-10-12-20(13-11-18)15-17-8-6-5-7-9-17;1-5-7-11(10(3)4)9-12(8-6-2)13(14)15;2*1-3-4-2/h5-10,13,16-17,24H,11-12,14-15,18-19H2,1-4H3;4-9,18H,10-15H2,1-3H3;6-9H,3,5H2,1-2,4H3,(H,14,15);2*3-4H2,1-2H3/b20-17+,28-21?;16-4+;8-6-,11-7-,12-9+;;. The highest BCUT2D eigenvalue weighted by molar-refractivity contribution is 5.99. The van der Waals surface area contributed by atoms with Crippen LogP contribution in [-0.4, -0.2) is 120 Å². The third-order valence-electron chi connectivity index (χ3n) is 13.2. The number of aliphatic imine (C=N–C) groups is 1. The second-order valence-corrected chi connectivity index (χ2v) is 19.8. The first-order chi connectivity index (χ1) is 36.0. The number of pyridine rings is 1. The summed E-state index contributed by atoms with van der Waals surface area (Å²) in [6, 6.07) is 26.2. The summed E-state index contributed by atoms with van der Waals surface area (Å²) in [6.45, 7) is 35.4. The van der Waals surface area contributed by atoms with Gasteiger partial charge in [-0.2, -0.15) is 0 Å². The van der Waals surface area contributed by atoms with E-state index in [9.17, 15) is 9.59 Å². The Morgan fingerprint density at radius 2 is 1.20 bits per heavy atom. The van der Waals surface area contributed by atoms with Crippen molar-refractivity contribution in [2.45, 2.75) is 159 Å². The maximum Gasteiger partial charge on any atom is 0.337 e. The van der Waals surface area contributed by atoms with Gasteiger partial charge in [-0.3, -0.25) is 29.6 Å². The Labute approximate surface area is 456 Å². The van der Waals surface area contributed by atoms with Gasteiger partial charge in [0.1, 0.15) is 0 Å². The van der Waals surface area contributed by atoms with Crippen molar-refractivity contribution >= 4 is 17.7 Å². The SMILES string of the molecule is C/C=C(\C)CN(C)C1CCN(Cc2ccccc2)CC1.C=C(C)C(=C\CC)/C=C(\C=C/C)C(=O)O.CCCC.CCCC.COC(=O)c1ccnc(C(C)=N/C=C(\C)CN(C)C2CCN(Cc3ccccc3)CC2)c1. The lowest BCUT2D eigenvalue weighted by Crippen LogP contribution is -2.43. The lowest BCUT2D eigenvalue weighted by Gasteiger charge is -2.37. The number of piperidine rings is 2. The number of aromatic nitrogens is 1. The third kappa shape index (κ3) is 29.4. The molecule has 0 radical (unpaired) electrons. The molecular formula is C65H100N6O4. The van der Waals surface area contributed by atoms with Crippen molar-refractivity contribution in [3.8, 4) is 0 Å². The van der Waals surface area contributed by atoms with E-state index in [0.29, 0.717) is 17.3 Å². The van der Waals surface area contributed by atoms with Crippen molar-refractivity contribution in [2.75, 3.05) is 60.5 Å². The van der Waals surface area contributed by atoms with Crippen LogP contribution in [0.15, 0.2) is 155 Å². The molecule has 2 fully saturated rings. The van der Waals surface area contributed by atoms with Crippen molar-refractivity contribution in [3.05, 3.63) is 172 Å². The van der Waals surface area contributed by atoms with Crippen LogP contribution in [0.2, 0.25) is 0 Å². The number of unbranched alkanes of at least 4 members (excludes halogenated alkanes) is 2. The van der Waals surface area contributed by atoms with Crippen molar-refractivity contribution < 1.29 is 19.4 Å². The minimum absolute atomic E-state index is 0.278. The van der Waals surface area contributed by atoms with Gasteiger partial charge >= 0.3 is 11.9 Å². The van der Waals surface area contributed by atoms with Gasteiger partial charge in [0.15, 0.2) is 0 Å². The number of allylic oxidation sites excluding steroid dienone is 6. The highest BCUT2D eigenvalue weighted by atomic mass is 16.5. The lowest BCUT2D eigenvalue weighted by molar-refractivity contribution is -0.132. The second-order valence-electron chi connectivity index (χ2n) is 19.8. The number of methoxy groups -OCH3 is 1. The zero-order valence-electron chi connectivity index (χ0n) is 49.2. The molecule has 414 valence electrons. The fraction of sp³-hybridized carbons (Fsp3) is 0.508. The molecule has 3 heterocycles. The third-order valence-corrected chi connectivity index (χ3v) is 13.2. The number of benzene rings is 2. The molecule has 0 unspecified atom stereocenters. The first kappa shape index (κ1) is 67.5. The Kier molecular flexibility index (Phi) is 36.7. The Bertz CT molecular complexity index is 2220. The molecule has 1 aromatic heterocycles. The van der Waals surface area contributed by atoms with Gasteiger partial charge in [-0.25, -0.2) is 9.59 Å². The summed E-state index contributed by atoms with van der Waals surface area (Å²) in [5, 5.41) is 8.93. The molecule has 0 saturated carbocycles. The van der Waals surface area contributed by atoms with Crippen molar-refractivity contribution in [3.63, 3.8) is 0 Å². The summed E-state index contributed by atoms with van der Waals surface area (Å²) < 4.78 is 4.78. The van der Waals surface area contributed by atoms with Gasteiger partial charge in [0.25, 0.3) is 0 Å². The van der Waals surface area contributed by atoms with Crippen molar-refractivity contribution in [2.24, 2.45) is 4.99 Å². The summed E-state index contributed by atoms with van der Waals surface area (Å²) in [4.78, 5) is 41.6. The zero-order chi connectivity index (χ0) is 56.0. The van der Waals surface area contributed by atoms with Crippen LogP contribution in [-0.2, 0) is 22.6 Å². The molecule has 1 N–H and O–H groups in total. The zero-order valence-corrected chi connectivity index (χ0v) is 49.2. The van der Waals surface area contributed by atoms with Crippen molar-refractivity contribution in [1.82, 2.24) is 24.6 Å². The number of carbonyl (C=O) groups is 2. The monoisotopic (exact) mass is 1030 g/mol. The molecule has 10 heteroatoms. The fourth-order valence-electron chi connectivity index (χ4n) is 8.15. The summed E-state index contributed by atoms with van der Waals surface area (Å²) in [6.07, 6.45) is 23.7. The van der Waals surface area contributed by atoms with Gasteiger partial charge in [0.2, 0.25) is 0 Å². The average Bonchev–Trinajstić information content (AvgIpc) is 3.43. The molecule has 0 aliphatic carbocycles. The molecule has 2 saturated heterocycles. The molecule has 2 aromatic carbocycles. The molecule has 75 heavy (non-hydrogen) atoms. The largest absolute Gasteiger partial charge is 0.478 e. The van der Waals surface area contributed by atoms with Gasteiger partial charge in [-0.05, 0) is 154 Å². The Morgan fingerprint density at radius 1 is 0.733 bits per heavy atom. The maximum absolute atomic E-state index is 11.7. The first-order valence-corrected chi connectivity index (χ1v) is 27.7. The molecule has 2 aliphatic rings. The topological polar surface area (TPSA) is 102 Å². The summed E-state index contributed by atoms with van der Waals surface area (Å²) >= 11 is 0. The normalized spacial score (nSPS) is 15.4. The van der Waals surface area contributed by atoms with E-state index in [1.165, 1.54) is 93.8 Å². The number of likely N-dealkylation sites (tertiary alicyclic amines) is 2. The fourth-order valence-corrected chi connectivity index (χ4v) is 8.15. The van der Waals surface area contributed by atoms with Gasteiger partial charge in [0, 0.05) is 50.7 Å². The second kappa shape index (κ2) is 40.7. The van der Waals surface area contributed by atoms with E-state index in [4.69, 9.17) is 9.84 Å². The van der Waals surface area contributed by atoms with Crippen LogP contribution < -0.4 is 0 Å². The molecule has 0 atom stereocenters. The van der Waals surface area contributed by atoms with Crippen LogP contribution in [0.5, 0.6) is 0 Å². The summed E-state index contributed by atoms with van der Waals surface area (Å²) in [5.41, 5.74) is 9.45. The van der Waals surface area contributed by atoms with Crippen LogP contribution in [0.3, 0.4) is 0 Å². The molecule has 5 rings (SSSR count). The van der Waals surface area contributed by atoms with E-state index < -0.39 is 5.97 Å². The maximum atomic E-state index is 11.7. The highest BCUT2D eigenvalue weighted by Crippen LogP contribution is 2.20. The summed E-state index contributed by atoms with van der Waals surface area (Å²) in [7, 11) is 5.84. The first-order valence-electron chi connectivity index (χ1n) is 27.7.